The lowest BCUT2D eigenvalue weighted by Crippen LogP contribution is -2.12. The van der Waals surface area contributed by atoms with E-state index in [0.29, 0.717) is 6.54 Å². The summed E-state index contributed by atoms with van der Waals surface area (Å²) < 4.78 is -0.729. The SMILES string of the molecule is CCn1nnc([N+](=O)[O-])c1C(Cl)(Cl)Cl. The van der Waals surface area contributed by atoms with Crippen molar-refractivity contribution in [3.05, 3.63) is 15.8 Å². The maximum Gasteiger partial charge on any atom is 0.418 e. The van der Waals surface area contributed by atoms with E-state index in [1.54, 1.807) is 6.92 Å². The Morgan fingerprint density at radius 2 is 2.14 bits per heavy atom. The molecule has 0 bridgehead atoms. The maximum atomic E-state index is 10.5. The fraction of sp³-hybridized carbons (Fsp3) is 0.600. The highest BCUT2D eigenvalue weighted by atomic mass is 35.6. The smallest absolute Gasteiger partial charge is 0.358 e. The van der Waals surface area contributed by atoms with Gasteiger partial charge in [0.05, 0.1) is 5.21 Å². The van der Waals surface area contributed by atoms with Crippen LogP contribution >= 0.6 is 34.8 Å². The molecule has 1 aromatic heterocycles. The average Bonchev–Trinajstić information content (AvgIpc) is 2.45. The molecule has 0 amide bonds. The van der Waals surface area contributed by atoms with Crippen LogP contribution < -0.4 is 0 Å². The molecule has 0 saturated carbocycles. The first-order valence-electron chi connectivity index (χ1n) is 3.53. The van der Waals surface area contributed by atoms with Crippen molar-refractivity contribution in [1.82, 2.24) is 15.0 Å². The van der Waals surface area contributed by atoms with E-state index in [-0.39, 0.29) is 5.69 Å². The van der Waals surface area contributed by atoms with Crippen LogP contribution in [0, 0.1) is 10.1 Å². The summed E-state index contributed by atoms with van der Waals surface area (Å²) in [6.07, 6.45) is 0. The first-order valence-corrected chi connectivity index (χ1v) is 4.66. The first-order chi connectivity index (χ1) is 6.38. The number of aromatic nitrogens is 3. The Kier molecular flexibility index (Phi) is 3.18. The van der Waals surface area contributed by atoms with Gasteiger partial charge in [-0.05, 0) is 11.8 Å². The molecule has 0 aliphatic heterocycles. The zero-order valence-electron chi connectivity index (χ0n) is 6.95. The van der Waals surface area contributed by atoms with E-state index >= 15 is 0 Å². The summed E-state index contributed by atoms with van der Waals surface area (Å²) in [5, 5.41) is 17.3. The summed E-state index contributed by atoms with van der Waals surface area (Å²) in [5.74, 6) is -0.535. The van der Waals surface area contributed by atoms with E-state index < -0.39 is 14.5 Å². The van der Waals surface area contributed by atoms with Crippen LogP contribution in [-0.2, 0) is 10.3 Å². The number of rotatable bonds is 2. The van der Waals surface area contributed by atoms with Crippen molar-refractivity contribution >= 4 is 40.6 Å². The highest BCUT2D eigenvalue weighted by Gasteiger charge is 2.38. The van der Waals surface area contributed by atoms with Crippen LogP contribution in [0.5, 0.6) is 0 Å². The summed E-state index contributed by atoms with van der Waals surface area (Å²) in [6, 6.07) is 0. The normalized spacial score (nSPS) is 11.7. The summed E-state index contributed by atoms with van der Waals surface area (Å²) in [6.45, 7) is 2.04. The summed E-state index contributed by atoms with van der Waals surface area (Å²) in [5.41, 5.74) is -0.130. The minimum Gasteiger partial charge on any atom is -0.358 e. The van der Waals surface area contributed by atoms with E-state index in [1.807, 2.05) is 0 Å². The van der Waals surface area contributed by atoms with E-state index in [0.717, 1.165) is 0 Å². The van der Waals surface area contributed by atoms with Crippen LogP contribution in [0.1, 0.15) is 12.6 Å². The van der Waals surface area contributed by atoms with Crippen molar-refractivity contribution in [3.8, 4) is 0 Å². The van der Waals surface area contributed by atoms with Gasteiger partial charge in [-0.3, -0.25) is 0 Å². The van der Waals surface area contributed by atoms with Gasteiger partial charge in [-0.25, -0.2) is 4.68 Å². The zero-order valence-corrected chi connectivity index (χ0v) is 9.21. The van der Waals surface area contributed by atoms with Crippen molar-refractivity contribution in [2.24, 2.45) is 0 Å². The lowest BCUT2D eigenvalue weighted by Gasteiger charge is -2.09. The summed E-state index contributed by atoms with van der Waals surface area (Å²) >= 11 is 16.7. The Bertz CT molecular complexity index is 358. The lowest BCUT2D eigenvalue weighted by atomic mass is 10.4. The van der Waals surface area contributed by atoms with Gasteiger partial charge in [0.2, 0.25) is 3.79 Å². The molecule has 6 nitrogen and oxygen atoms in total. The van der Waals surface area contributed by atoms with Crippen LogP contribution in [0.25, 0.3) is 0 Å². The van der Waals surface area contributed by atoms with Crippen LogP contribution in [0.3, 0.4) is 0 Å². The molecule has 78 valence electrons. The fourth-order valence-electron chi connectivity index (χ4n) is 0.921. The Morgan fingerprint density at radius 1 is 1.57 bits per heavy atom. The van der Waals surface area contributed by atoms with Gasteiger partial charge in [-0.2, -0.15) is 0 Å². The van der Waals surface area contributed by atoms with Crippen molar-refractivity contribution in [3.63, 3.8) is 0 Å². The van der Waals surface area contributed by atoms with E-state index in [2.05, 4.69) is 10.3 Å². The Balaban J connectivity index is 3.34. The van der Waals surface area contributed by atoms with Crippen molar-refractivity contribution in [1.29, 1.82) is 0 Å². The molecule has 0 aliphatic rings. The van der Waals surface area contributed by atoms with Gasteiger partial charge in [-0.1, -0.05) is 34.8 Å². The van der Waals surface area contributed by atoms with Gasteiger partial charge < -0.3 is 10.1 Å². The van der Waals surface area contributed by atoms with Gasteiger partial charge in [0.1, 0.15) is 5.10 Å². The zero-order chi connectivity index (χ0) is 10.9. The maximum absolute atomic E-state index is 10.5. The Labute approximate surface area is 93.9 Å². The fourth-order valence-corrected chi connectivity index (χ4v) is 1.47. The molecule has 0 aromatic carbocycles. The molecule has 1 heterocycles. The monoisotopic (exact) mass is 258 g/mol. The number of aryl methyl sites for hydroxylation is 1. The number of hydrogen-bond acceptors (Lipinski definition) is 4. The Morgan fingerprint density at radius 3 is 2.50 bits per heavy atom. The summed E-state index contributed by atoms with van der Waals surface area (Å²) in [4.78, 5) is 9.77. The molecule has 0 N–H and O–H groups in total. The van der Waals surface area contributed by atoms with Crippen LogP contribution in [0.2, 0.25) is 0 Å². The van der Waals surface area contributed by atoms with Crippen molar-refractivity contribution in [2.75, 3.05) is 0 Å². The molecule has 0 radical (unpaired) electrons. The summed E-state index contributed by atoms with van der Waals surface area (Å²) in [7, 11) is 0. The molecule has 0 fully saturated rings. The third-order valence-corrected chi connectivity index (χ3v) is 2.00. The second-order valence-corrected chi connectivity index (χ2v) is 4.61. The van der Waals surface area contributed by atoms with Gasteiger partial charge in [-0.15, -0.1) is 0 Å². The topological polar surface area (TPSA) is 73.8 Å². The van der Waals surface area contributed by atoms with E-state index in [9.17, 15) is 10.1 Å². The minimum atomic E-state index is -1.90. The molecule has 0 aliphatic carbocycles. The van der Waals surface area contributed by atoms with Gasteiger partial charge in [0, 0.05) is 6.54 Å². The molecule has 0 atom stereocenters. The largest absolute Gasteiger partial charge is 0.418 e. The predicted molar refractivity (Wildman–Crippen MR) is 51.6 cm³/mol. The quantitative estimate of drug-likeness (QED) is 0.463. The molecule has 1 rings (SSSR count). The lowest BCUT2D eigenvalue weighted by molar-refractivity contribution is -0.390. The number of hydrogen-bond donors (Lipinski definition) is 0. The predicted octanol–water partition coefficient (Wildman–Crippen LogP) is 2.03. The minimum absolute atomic E-state index is 0.130. The molecule has 1 aromatic rings. The number of halogens is 3. The molecular formula is C5H5Cl3N4O2. The molecule has 14 heavy (non-hydrogen) atoms. The van der Waals surface area contributed by atoms with Crippen molar-refractivity contribution < 1.29 is 4.92 Å². The molecular weight excluding hydrogens is 254 g/mol. The number of alkyl halides is 3. The van der Waals surface area contributed by atoms with Gasteiger partial charge in [0.25, 0.3) is 0 Å². The average molecular weight is 259 g/mol. The van der Waals surface area contributed by atoms with Gasteiger partial charge in [0.15, 0.2) is 5.69 Å². The number of nitro groups is 1. The van der Waals surface area contributed by atoms with Crippen molar-refractivity contribution in [2.45, 2.75) is 17.3 Å². The van der Waals surface area contributed by atoms with Crippen LogP contribution in [-0.4, -0.2) is 19.9 Å². The Hall–Kier alpha value is -0.590. The third kappa shape index (κ3) is 2.08. The second kappa shape index (κ2) is 3.88. The molecule has 9 heteroatoms. The van der Waals surface area contributed by atoms with E-state index in [4.69, 9.17) is 34.8 Å². The third-order valence-electron chi connectivity index (χ3n) is 1.46. The van der Waals surface area contributed by atoms with E-state index in [1.165, 1.54) is 4.68 Å². The molecule has 0 saturated heterocycles. The number of nitrogens with zero attached hydrogens (tertiary/aromatic N) is 4. The standard InChI is InChI=1S/C5H5Cl3N4O2/c1-2-11-3(5(6,7)8)4(9-10-11)12(13)14/h2H2,1H3. The van der Waals surface area contributed by atoms with Crippen LogP contribution in [0.15, 0.2) is 0 Å². The highest BCUT2D eigenvalue weighted by Crippen LogP contribution is 2.41. The molecule has 0 spiro atoms. The van der Waals surface area contributed by atoms with Crippen LogP contribution in [0.4, 0.5) is 5.82 Å². The first kappa shape index (κ1) is 11.5. The molecule has 0 unspecified atom stereocenters. The van der Waals surface area contributed by atoms with Gasteiger partial charge >= 0.3 is 5.82 Å². The second-order valence-electron chi connectivity index (χ2n) is 2.33. The highest BCUT2D eigenvalue weighted by molar-refractivity contribution is 6.66.